The first-order valence-electron chi connectivity index (χ1n) is 5.01. The van der Waals surface area contributed by atoms with Gasteiger partial charge >= 0.3 is 0 Å². The molecule has 0 aliphatic heterocycles. The van der Waals surface area contributed by atoms with E-state index in [-0.39, 0.29) is 5.54 Å². The van der Waals surface area contributed by atoms with Crippen molar-refractivity contribution in [2.75, 3.05) is 0 Å². The molecule has 16 heavy (non-hydrogen) atoms. The van der Waals surface area contributed by atoms with Gasteiger partial charge in [0, 0.05) is 14.8 Å². The summed E-state index contributed by atoms with van der Waals surface area (Å²) in [7, 11) is 0. The van der Waals surface area contributed by atoms with E-state index in [0.717, 1.165) is 14.6 Å². The first-order chi connectivity index (χ1) is 7.34. The van der Waals surface area contributed by atoms with Crippen LogP contribution in [0.25, 0.3) is 11.0 Å². The van der Waals surface area contributed by atoms with Crippen LogP contribution < -0.4 is 0 Å². The lowest BCUT2D eigenvalue weighted by Crippen LogP contribution is -2.23. The second kappa shape index (κ2) is 3.84. The molecule has 3 nitrogen and oxygen atoms in total. The fourth-order valence-electron chi connectivity index (χ4n) is 1.97. The molecule has 0 amide bonds. The summed E-state index contributed by atoms with van der Waals surface area (Å²) in [4.78, 5) is 8.39. The van der Waals surface area contributed by atoms with Crippen LogP contribution in [0, 0.1) is 10.5 Å². The fourth-order valence-corrected chi connectivity index (χ4v) is 3.09. The van der Waals surface area contributed by atoms with Crippen LogP contribution in [0.1, 0.15) is 26.5 Å². The van der Waals surface area contributed by atoms with Crippen LogP contribution in [0.3, 0.4) is 0 Å². The molecular formula is C11H13ClIN3. The maximum absolute atomic E-state index is 6.13. The number of nitrogens with zero attached hydrogens (tertiary/aromatic N) is 3. The smallest absolute Gasteiger partial charge is 0.146 e. The van der Waals surface area contributed by atoms with Crippen molar-refractivity contribution < 1.29 is 0 Å². The van der Waals surface area contributed by atoms with E-state index < -0.39 is 0 Å². The SMILES string of the molecule is Cc1c(I)c2c(Cl)ncnc2n1C(C)(C)C. The molecule has 0 N–H and O–H groups in total. The lowest BCUT2D eigenvalue weighted by atomic mass is 10.1. The predicted molar refractivity (Wildman–Crippen MR) is 75.0 cm³/mol. The summed E-state index contributed by atoms with van der Waals surface area (Å²) in [5.74, 6) is 0. The molecule has 0 saturated heterocycles. The van der Waals surface area contributed by atoms with Crippen molar-refractivity contribution in [2.45, 2.75) is 33.2 Å². The first-order valence-corrected chi connectivity index (χ1v) is 6.47. The molecule has 2 aromatic heterocycles. The van der Waals surface area contributed by atoms with E-state index in [1.54, 1.807) is 0 Å². The number of hydrogen-bond acceptors (Lipinski definition) is 2. The molecule has 0 spiro atoms. The minimum Gasteiger partial charge on any atom is -0.323 e. The molecule has 5 heteroatoms. The van der Waals surface area contributed by atoms with E-state index in [9.17, 15) is 0 Å². The summed E-state index contributed by atoms with van der Waals surface area (Å²) in [6.07, 6.45) is 1.52. The second-order valence-corrected chi connectivity index (χ2v) is 6.21. The van der Waals surface area contributed by atoms with E-state index in [4.69, 9.17) is 11.6 Å². The molecule has 86 valence electrons. The van der Waals surface area contributed by atoms with Crippen LogP contribution in [0.5, 0.6) is 0 Å². The second-order valence-electron chi connectivity index (χ2n) is 4.77. The van der Waals surface area contributed by atoms with E-state index in [1.807, 2.05) is 0 Å². The average Bonchev–Trinajstić information content (AvgIpc) is 2.39. The van der Waals surface area contributed by atoms with Crippen molar-refractivity contribution in [3.8, 4) is 0 Å². The van der Waals surface area contributed by atoms with Gasteiger partial charge in [-0.25, -0.2) is 9.97 Å². The zero-order chi connectivity index (χ0) is 12.1. The van der Waals surface area contributed by atoms with E-state index in [2.05, 4.69) is 64.8 Å². The van der Waals surface area contributed by atoms with Gasteiger partial charge in [0.1, 0.15) is 17.1 Å². The lowest BCUT2D eigenvalue weighted by molar-refractivity contribution is 0.400. The van der Waals surface area contributed by atoms with Crippen LogP contribution >= 0.6 is 34.2 Å². The molecule has 0 atom stereocenters. The molecule has 0 aliphatic carbocycles. The lowest BCUT2D eigenvalue weighted by Gasteiger charge is -2.24. The highest BCUT2D eigenvalue weighted by molar-refractivity contribution is 14.1. The normalized spacial score (nSPS) is 12.4. The van der Waals surface area contributed by atoms with Gasteiger partial charge in [0.15, 0.2) is 0 Å². The van der Waals surface area contributed by atoms with E-state index >= 15 is 0 Å². The number of aromatic nitrogens is 3. The minimum absolute atomic E-state index is 0.0105. The highest BCUT2D eigenvalue weighted by Crippen LogP contribution is 2.33. The van der Waals surface area contributed by atoms with Gasteiger partial charge in [-0.15, -0.1) is 0 Å². The van der Waals surface area contributed by atoms with Gasteiger partial charge in [-0.1, -0.05) is 11.6 Å². The molecule has 0 radical (unpaired) electrons. The third kappa shape index (κ3) is 1.72. The molecule has 0 aromatic carbocycles. The van der Waals surface area contributed by atoms with Crippen molar-refractivity contribution in [2.24, 2.45) is 0 Å². The Labute approximate surface area is 113 Å². The van der Waals surface area contributed by atoms with Crippen molar-refractivity contribution in [1.29, 1.82) is 0 Å². The standard InChI is InChI=1S/C11H13ClIN3/c1-6-8(13)7-9(12)14-5-15-10(7)16(6)11(2,3)4/h5H,1-4H3. The zero-order valence-corrected chi connectivity index (χ0v) is 12.6. The Morgan fingerprint density at radius 2 is 1.94 bits per heavy atom. The van der Waals surface area contributed by atoms with Crippen molar-refractivity contribution in [1.82, 2.24) is 14.5 Å². The van der Waals surface area contributed by atoms with Crippen LogP contribution in [0.4, 0.5) is 0 Å². The Kier molecular flexibility index (Phi) is 2.90. The molecule has 2 aromatic rings. The Morgan fingerprint density at radius 1 is 1.31 bits per heavy atom. The molecule has 2 heterocycles. The quantitative estimate of drug-likeness (QED) is 0.536. The summed E-state index contributed by atoms with van der Waals surface area (Å²) >= 11 is 8.43. The molecule has 0 aliphatic rings. The Morgan fingerprint density at radius 3 is 2.50 bits per heavy atom. The highest BCUT2D eigenvalue weighted by atomic mass is 127. The topological polar surface area (TPSA) is 30.7 Å². The largest absolute Gasteiger partial charge is 0.323 e. The van der Waals surface area contributed by atoms with Gasteiger partial charge in [-0.3, -0.25) is 0 Å². The molecule has 0 fully saturated rings. The summed E-state index contributed by atoms with van der Waals surface area (Å²) in [6, 6.07) is 0. The summed E-state index contributed by atoms with van der Waals surface area (Å²) in [5.41, 5.74) is 2.09. The minimum atomic E-state index is -0.0105. The van der Waals surface area contributed by atoms with Crippen LogP contribution in [-0.4, -0.2) is 14.5 Å². The van der Waals surface area contributed by atoms with Crippen LogP contribution in [0.15, 0.2) is 6.33 Å². The van der Waals surface area contributed by atoms with Gasteiger partial charge in [0.05, 0.1) is 5.39 Å². The zero-order valence-electron chi connectivity index (χ0n) is 9.67. The van der Waals surface area contributed by atoms with Gasteiger partial charge in [0.25, 0.3) is 0 Å². The third-order valence-electron chi connectivity index (χ3n) is 2.54. The average molecular weight is 350 g/mol. The Hall–Kier alpha value is -0.360. The Bertz CT molecular complexity index is 554. The maximum Gasteiger partial charge on any atom is 0.146 e. The molecular weight excluding hydrogens is 336 g/mol. The number of rotatable bonds is 0. The third-order valence-corrected chi connectivity index (χ3v) is 4.14. The van der Waals surface area contributed by atoms with E-state index in [0.29, 0.717) is 5.15 Å². The van der Waals surface area contributed by atoms with Gasteiger partial charge < -0.3 is 4.57 Å². The molecule has 0 bridgehead atoms. The summed E-state index contributed by atoms with van der Waals surface area (Å²) in [5, 5.41) is 1.48. The Balaban J connectivity index is 2.96. The first kappa shape index (κ1) is 12.1. The van der Waals surface area contributed by atoms with Gasteiger partial charge in [0.2, 0.25) is 0 Å². The maximum atomic E-state index is 6.13. The highest BCUT2D eigenvalue weighted by Gasteiger charge is 2.23. The van der Waals surface area contributed by atoms with E-state index in [1.165, 1.54) is 12.0 Å². The summed E-state index contributed by atoms with van der Waals surface area (Å²) < 4.78 is 3.34. The fraction of sp³-hybridized carbons (Fsp3) is 0.455. The molecule has 2 rings (SSSR count). The number of hydrogen-bond donors (Lipinski definition) is 0. The van der Waals surface area contributed by atoms with Crippen LogP contribution in [0.2, 0.25) is 5.15 Å². The number of fused-ring (bicyclic) bond motifs is 1. The van der Waals surface area contributed by atoms with Crippen molar-refractivity contribution in [3.63, 3.8) is 0 Å². The van der Waals surface area contributed by atoms with Crippen molar-refractivity contribution >= 4 is 45.2 Å². The van der Waals surface area contributed by atoms with Gasteiger partial charge in [-0.2, -0.15) is 0 Å². The van der Waals surface area contributed by atoms with Crippen molar-refractivity contribution in [3.05, 3.63) is 20.7 Å². The van der Waals surface area contributed by atoms with Gasteiger partial charge in [-0.05, 0) is 50.3 Å². The number of halogens is 2. The predicted octanol–water partition coefficient (Wildman–Crippen LogP) is 3.75. The monoisotopic (exact) mass is 349 g/mol. The molecule has 0 saturated carbocycles. The molecule has 0 unspecified atom stereocenters. The van der Waals surface area contributed by atoms with Crippen LogP contribution in [-0.2, 0) is 5.54 Å². The summed E-state index contributed by atoms with van der Waals surface area (Å²) in [6.45, 7) is 8.56.